The number of aryl methyl sites for hydroxylation is 1. The van der Waals surface area contributed by atoms with Crippen LogP contribution in [0.25, 0.3) is 0 Å². The van der Waals surface area contributed by atoms with Gasteiger partial charge >= 0.3 is 11.9 Å². The second-order valence-electron chi connectivity index (χ2n) is 5.60. The highest BCUT2D eigenvalue weighted by Crippen LogP contribution is 2.14. The van der Waals surface area contributed by atoms with Gasteiger partial charge in [-0.15, -0.1) is 0 Å². The van der Waals surface area contributed by atoms with Gasteiger partial charge in [-0.1, -0.05) is 12.1 Å². The average Bonchev–Trinajstić information content (AvgIpc) is 2.41. The molecule has 1 rings (SSSR count). The van der Waals surface area contributed by atoms with Crippen molar-refractivity contribution in [3.8, 4) is 5.75 Å². The summed E-state index contributed by atoms with van der Waals surface area (Å²) in [4.78, 5) is 22.6. The summed E-state index contributed by atoms with van der Waals surface area (Å²) in [5.74, 6) is -0.0554. The van der Waals surface area contributed by atoms with Crippen LogP contribution < -0.4 is 4.74 Å². The fourth-order valence-electron chi connectivity index (χ4n) is 1.61. The molecular formula is C16H22O5. The van der Waals surface area contributed by atoms with Gasteiger partial charge in [-0.3, -0.25) is 4.79 Å². The quantitative estimate of drug-likeness (QED) is 0.754. The van der Waals surface area contributed by atoms with Crippen LogP contribution in [0.1, 0.15) is 32.8 Å². The fourth-order valence-corrected chi connectivity index (χ4v) is 1.61. The van der Waals surface area contributed by atoms with Gasteiger partial charge in [-0.2, -0.15) is 0 Å². The van der Waals surface area contributed by atoms with Crippen molar-refractivity contribution in [3.05, 3.63) is 29.8 Å². The van der Waals surface area contributed by atoms with Gasteiger partial charge in [0.2, 0.25) is 0 Å². The summed E-state index contributed by atoms with van der Waals surface area (Å²) in [6.07, 6.45) is 0.952. The topological polar surface area (TPSA) is 61.8 Å². The zero-order valence-electron chi connectivity index (χ0n) is 13.0. The molecule has 0 N–H and O–H groups in total. The molecule has 0 fully saturated rings. The molecule has 21 heavy (non-hydrogen) atoms. The van der Waals surface area contributed by atoms with Gasteiger partial charge in [0.25, 0.3) is 0 Å². The third kappa shape index (κ3) is 7.34. The van der Waals surface area contributed by atoms with Gasteiger partial charge in [-0.05, 0) is 44.9 Å². The zero-order valence-corrected chi connectivity index (χ0v) is 13.0. The molecular weight excluding hydrogens is 272 g/mol. The summed E-state index contributed by atoms with van der Waals surface area (Å²) in [7, 11) is 1.37. The number of carbonyl (C=O) groups is 2. The number of esters is 2. The number of hydrogen-bond donors (Lipinski definition) is 0. The van der Waals surface area contributed by atoms with E-state index in [2.05, 4.69) is 4.74 Å². The van der Waals surface area contributed by atoms with Gasteiger partial charge in [0.1, 0.15) is 11.4 Å². The summed E-state index contributed by atoms with van der Waals surface area (Å²) in [6.45, 7) is 5.29. The number of methoxy groups -OCH3 is 1. The normalized spacial score (nSPS) is 10.9. The smallest absolute Gasteiger partial charge is 0.344 e. The molecule has 0 atom stereocenters. The van der Waals surface area contributed by atoms with Crippen molar-refractivity contribution in [2.45, 2.75) is 39.2 Å². The van der Waals surface area contributed by atoms with Gasteiger partial charge in [-0.25, -0.2) is 4.79 Å². The highest BCUT2D eigenvalue weighted by Gasteiger charge is 2.16. The average molecular weight is 294 g/mol. The van der Waals surface area contributed by atoms with E-state index in [0.29, 0.717) is 18.6 Å². The van der Waals surface area contributed by atoms with Crippen LogP contribution in [0.15, 0.2) is 24.3 Å². The number of hydrogen-bond acceptors (Lipinski definition) is 5. The van der Waals surface area contributed by atoms with E-state index in [-0.39, 0.29) is 12.6 Å². The monoisotopic (exact) mass is 294 g/mol. The van der Waals surface area contributed by atoms with Crippen LogP contribution in [0.3, 0.4) is 0 Å². The van der Waals surface area contributed by atoms with Crippen molar-refractivity contribution in [1.82, 2.24) is 0 Å². The van der Waals surface area contributed by atoms with E-state index in [1.807, 2.05) is 12.1 Å². The summed E-state index contributed by atoms with van der Waals surface area (Å²) in [5, 5.41) is 0. The lowest BCUT2D eigenvalue weighted by molar-refractivity contribution is -0.157. The molecule has 0 aliphatic rings. The predicted octanol–water partition coefficient (Wildman–Crippen LogP) is 2.51. The zero-order chi connectivity index (χ0) is 15.9. The molecule has 0 heterocycles. The van der Waals surface area contributed by atoms with Crippen LogP contribution in [0.4, 0.5) is 0 Å². The molecule has 0 spiro atoms. The lowest BCUT2D eigenvalue weighted by Crippen LogP contribution is -2.27. The van der Waals surface area contributed by atoms with Crippen molar-refractivity contribution in [2.24, 2.45) is 0 Å². The van der Waals surface area contributed by atoms with Crippen molar-refractivity contribution in [2.75, 3.05) is 13.7 Å². The molecule has 116 valence electrons. The molecule has 0 bridgehead atoms. The molecule has 0 aliphatic carbocycles. The minimum Gasteiger partial charge on any atom is -0.482 e. The van der Waals surface area contributed by atoms with Crippen LogP contribution in [0, 0.1) is 0 Å². The van der Waals surface area contributed by atoms with Crippen molar-refractivity contribution in [3.63, 3.8) is 0 Å². The van der Waals surface area contributed by atoms with E-state index in [1.165, 1.54) is 7.11 Å². The van der Waals surface area contributed by atoms with Gasteiger partial charge < -0.3 is 14.2 Å². The van der Waals surface area contributed by atoms with Crippen molar-refractivity contribution >= 4 is 11.9 Å². The van der Waals surface area contributed by atoms with E-state index in [0.717, 1.165) is 5.56 Å². The minimum absolute atomic E-state index is 0.126. The van der Waals surface area contributed by atoms with Crippen molar-refractivity contribution < 1.29 is 23.8 Å². The molecule has 0 radical (unpaired) electrons. The molecule has 0 saturated heterocycles. The van der Waals surface area contributed by atoms with E-state index in [4.69, 9.17) is 9.47 Å². The minimum atomic E-state index is -0.516. The Hall–Kier alpha value is -2.04. The highest BCUT2D eigenvalue weighted by atomic mass is 16.6. The third-order valence-electron chi connectivity index (χ3n) is 2.55. The lowest BCUT2D eigenvalue weighted by atomic mass is 10.1. The summed E-state index contributed by atoms with van der Waals surface area (Å²) in [5.41, 5.74) is 0.489. The Kier molecular flexibility index (Phi) is 6.21. The van der Waals surface area contributed by atoms with Crippen molar-refractivity contribution in [1.29, 1.82) is 0 Å². The molecule has 1 aromatic rings. The number of benzene rings is 1. The number of ether oxygens (including phenoxy) is 3. The predicted molar refractivity (Wildman–Crippen MR) is 78.1 cm³/mol. The van der Waals surface area contributed by atoms with E-state index in [1.54, 1.807) is 32.9 Å². The highest BCUT2D eigenvalue weighted by molar-refractivity contribution is 5.71. The van der Waals surface area contributed by atoms with Gasteiger partial charge in [0.15, 0.2) is 6.61 Å². The molecule has 0 amide bonds. The Morgan fingerprint density at radius 1 is 1.05 bits per heavy atom. The maximum Gasteiger partial charge on any atom is 0.344 e. The first kappa shape index (κ1) is 17.0. The second kappa shape index (κ2) is 7.67. The Morgan fingerprint density at radius 2 is 1.67 bits per heavy atom. The Morgan fingerprint density at radius 3 is 2.19 bits per heavy atom. The van der Waals surface area contributed by atoms with Crippen LogP contribution in [0.5, 0.6) is 5.75 Å². The number of carbonyl (C=O) groups excluding carboxylic acids is 2. The van der Waals surface area contributed by atoms with Gasteiger partial charge in [0, 0.05) is 6.42 Å². The van der Waals surface area contributed by atoms with Gasteiger partial charge in [0.05, 0.1) is 7.11 Å². The Balaban J connectivity index is 2.41. The number of rotatable bonds is 6. The fraction of sp³-hybridized carbons (Fsp3) is 0.500. The largest absolute Gasteiger partial charge is 0.482 e. The third-order valence-corrected chi connectivity index (χ3v) is 2.55. The van der Waals surface area contributed by atoms with Crippen LogP contribution in [-0.2, 0) is 25.5 Å². The maximum atomic E-state index is 11.5. The molecule has 0 saturated carbocycles. The Bertz CT molecular complexity index is 470. The SMILES string of the molecule is COC(=O)CCc1ccc(OCC(=O)OC(C)(C)C)cc1. The molecule has 0 aliphatic heterocycles. The van der Waals surface area contributed by atoms with Crippen LogP contribution in [0.2, 0.25) is 0 Å². The molecule has 1 aromatic carbocycles. The van der Waals surface area contributed by atoms with Crippen LogP contribution in [-0.4, -0.2) is 31.3 Å². The van der Waals surface area contributed by atoms with E-state index in [9.17, 15) is 9.59 Å². The summed E-state index contributed by atoms with van der Waals surface area (Å²) < 4.78 is 15.1. The first-order valence-corrected chi connectivity index (χ1v) is 6.80. The summed E-state index contributed by atoms with van der Waals surface area (Å²) in [6, 6.07) is 7.23. The lowest BCUT2D eigenvalue weighted by Gasteiger charge is -2.19. The first-order chi connectivity index (χ1) is 9.80. The molecule has 0 aromatic heterocycles. The Labute approximate surface area is 125 Å². The van der Waals surface area contributed by atoms with E-state index < -0.39 is 11.6 Å². The molecule has 0 unspecified atom stereocenters. The first-order valence-electron chi connectivity index (χ1n) is 6.80. The standard InChI is InChI=1S/C16H22O5/c1-16(2,3)21-15(18)11-20-13-8-5-12(6-9-13)7-10-14(17)19-4/h5-6,8-9H,7,10-11H2,1-4H3. The molecule has 5 nitrogen and oxygen atoms in total. The molecule has 5 heteroatoms. The summed E-state index contributed by atoms with van der Waals surface area (Å²) >= 11 is 0. The second-order valence-corrected chi connectivity index (χ2v) is 5.60. The van der Waals surface area contributed by atoms with Crippen LogP contribution >= 0.6 is 0 Å². The maximum absolute atomic E-state index is 11.5. The van der Waals surface area contributed by atoms with E-state index >= 15 is 0 Å².